The molecule has 130 valence electrons. The number of pyridine rings is 2. The zero-order chi connectivity index (χ0) is 16.6. The van der Waals surface area contributed by atoms with Crippen molar-refractivity contribution in [3.8, 4) is 11.4 Å². The van der Waals surface area contributed by atoms with Gasteiger partial charge >= 0.3 is 0 Å². The number of aromatic nitrogens is 4. The number of anilines is 1. The first-order valence-corrected chi connectivity index (χ1v) is 9.12. The summed E-state index contributed by atoms with van der Waals surface area (Å²) in [6.07, 6.45) is 5.88. The smallest absolute Gasteiger partial charge is 0.181 e. The second-order valence-electron chi connectivity index (χ2n) is 7.13. The van der Waals surface area contributed by atoms with Gasteiger partial charge in [0.2, 0.25) is 0 Å². The Kier molecular flexibility index (Phi) is 3.63. The van der Waals surface area contributed by atoms with E-state index in [4.69, 9.17) is 4.98 Å². The summed E-state index contributed by atoms with van der Waals surface area (Å²) in [7, 11) is 0. The van der Waals surface area contributed by atoms with E-state index in [2.05, 4.69) is 37.5 Å². The van der Waals surface area contributed by atoms with Crippen molar-refractivity contribution in [2.75, 3.05) is 24.5 Å². The minimum Gasteiger partial charge on any atom is -0.354 e. The molecule has 1 saturated carbocycles. The molecule has 0 radical (unpaired) electrons. The number of fused-ring (bicyclic) bond motifs is 1. The Hall–Kier alpha value is -2.47. The normalized spacial score (nSPS) is 21.0. The number of rotatable bonds is 4. The lowest BCUT2D eigenvalue weighted by atomic mass is 10.1. The number of aromatic amines is 1. The van der Waals surface area contributed by atoms with E-state index in [1.165, 1.54) is 19.3 Å². The van der Waals surface area contributed by atoms with E-state index in [-0.39, 0.29) is 1.43 Å². The van der Waals surface area contributed by atoms with Crippen LogP contribution in [0.2, 0.25) is 0 Å². The summed E-state index contributed by atoms with van der Waals surface area (Å²) in [5, 5.41) is 12.1. The van der Waals surface area contributed by atoms with Crippen molar-refractivity contribution in [3.05, 3.63) is 36.5 Å². The molecule has 3 aromatic rings. The highest BCUT2D eigenvalue weighted by Gasteiger charge is 2.28. The molecule has 1 aliphatic heterocycles. The SMILES string of the molecule is [HH].c1cc(-c2[nH]nc3ncccc23)nc(N2CCN[C@@H](CC3CC3)C2)c1. The summed E-state index contributed by atoms with van der Waals surface area (Å²) >= 11 is 0. The van der Waals surface area contributed by atoms with Crippen LogP contribution in [0.15, 0.2) is 36.5 Å². The average molecular weight is 336 g/mol. The molecule has 2 N–H and O–H groups in total. The van der Waals surface area contributed by atoms with Gasteiger partial charge in [0, 0.05) is 38.7 Å². The summed E-state index contributed by atoms with van der Waals surface area (Å²) in [6, 6.07) is 10.8. The molecule has 0 bridgehead atoms. The fourth-order valence-electron chi connectivity index (χ4n) is 3.73. The predicted octanol–water partition coefficient (Wildman–Crippen LogP) is 2.84. The minimum absolute atomic E-state index is 0. The van der Waals surface area contributed by atoms with E-state index in [0.29, 0.717) is 6.04 Å². The third-order valence-electron chi connectivity index (χ3n) is 5.21. The first-order chi connectivity index (χ1) is 12.4. The lowest BCUT2D eigenvalue weighted by molar-refractivity contribution is 0.416. The van der Waals surface area contributed by atoms with Gasteiger partial charge in [-0.15, -0.1) is 0 Å². The Balaban J connectivity index is 0.00000168. The summed E-state index contributed by atoms with van der Waals surface area (Å²) in [5.74, 6) is 1.99. The molecule has 2 aliphatic rings. The molecule has 3 aromatic heterocycles. The second kappa shape index (κ2) is 6.11. The molecule has 5 rings (SSSR count). The molecule has 0 aromatic carbocycles. The van der Waals surface area contributed by atoms with Crippen molar-refractivity contribution in [2.24, 2.45) is 5.92 Å². The van der Waals surface area contributed by atoms with Crippen LogP contribution in [0.3, 0.4) is 0 Å². The van der Waals surface area contributed by atoms with Crippen LogP contribution in [0.4, 0.5) is 5.82 Å². The Morgan fingerprint density at radius 3 is 3.08 bits per heavy atom. The van der Waals surface area contributed by atoms with E-state index in [9.17, 15) is 0 Å². The first kappa shape index (κ1) is 14.8. The largest absolute Gasteiger partial charge is 0.354 e. The molecule has 0 amide bonds. The van der Waals surface area contributed by atoms with Gasteiger partial charge in [-0.2, -0.15) is 5.10 Å². The van der Waals surface area contributed by atoms with E-state index in [1.54, 1.807) is 6.20 Å². The Morgan fingerprint density at radius 1 is 1.20 bits per heavy atom. The van der Waals surface area contributed by atoms with Gasteiger partial charge in [-0.25, -0.2) is 9.97 Å². The molecule has 1 atom stereocenters. The van der Waals surface area contributed by atoms with Gasteiger partial charge < -0.3 is 10.2 Å². The van der Waals surface area contributed by atoms with Gasteiger partial charge in [0.15, 0.2) is 5.65 Å². The lowest BCUT2D eigenvalue weighted by Crippen LogP contribution is -2.51. The van der Waals surface area contributed by atoms with Gasteiger partial charge in [0.05, 0.1) is 11.4 Å². The number of nitrogens with zero attached hydrogens (tertiary/aromatic N) is 4. The van der Waals surface area contributed by atoms with Gasteiger partial charge in [-0.1, -0.05) is 18.9 Å². The van der Waals surface area contributed by atoms with Crippen molar-refractivity contribution in [1.82, 2.24) is 25.5 Å². The van der Waals surface area contributed by atoms with Crippen molar-refractivity contribution in [2.45, 2.75) is 25.3 Å². The number of hydrogen-bond donors (Lipinski definition) is 2. The highest BCUT2D eigenvalue weighted by molar-refractivity contribution is 5.89. The lowest BCUT2D eigenvalue weighted by Gasteiger charge is -2.34. The van der Waals surface area contributed by atoms with Crippen molar-refractivity contribution in [3.63, 3.8) is 0 Å². The topological polar surface area (TPSA) is 69.7 Å². The Bertz CT molecular complexity index is 890. The summed E-state index contributed by atoms with van der Waals surface area (Å²) in [4.78, 5) is 11.6. The Morgan fingerprint density at radius 2 is 2.16 bits per heavy atom. The predicted molar refractivity (Wildman–Crippen MR) is 101 cm³/mol. The molecule has 2 fully saturated rings. The third kappa shape index (κ3) is 2.98. The van der Waals surface area contributed by atoms with Crippen LogP contribution in [-0.2, 0) is 0 Å². The average Bonchev–Trinajstić information content (AvgIpc) is 3.37. The number of nitrogens with one attached hydrogen (secondary N) is 2. The van der Waals surface area contributed by atoms with E-state index in [1.807, 2.05) is 18.2 Å². The molecule has 0 spiro atoms. The molecular weight excluding hydrogens is 312 g/mol. The van der Waals surface area contributed by atoms with Crippen LogP contribution in [0.1, 0.15) is 20.7 Å². The van der Waals surface area contributed by atoms with Crippen LogP contribution in [0, 0.1) is 5.92 Å². The number of H-pyrrole nitrogens is 1. The quantitative estimate of drug-likeness (QED) is 0.767. The van der Waals surface area contributed by atoms with Gasteiger partial charge in [0.1, 0.15) is 5.82 Å². The third-order valence-corrected chi connectivity index (χ3v) is 5.21. The molecule has 0 unspecified atom stereocenters. The molecule has 6 heteroatoms. The van der Waals surface area contributed by atoms with Crippen LogP contribution >= 0.6 is 0 Å². The van der Waals surface area contributed by atoms with E-state index >= 15 is 0 Å². The standard InChI is InChI=1S/C19H22N6.H2/c1-4-16(18-15-3-2-8-21-19(15)24-23-18)22-17(5-1)25-10-9-20-14(12-25)11-13-6-7-13;/h1-5,8,13-14,20H,6-7,9-12H2,(H,21,23,24);1H/t14-;/m0./s1. The van der Waals surface area contributed by atoms with E-state index in [0.717, 1.165) is 53.8 Å². The molecule has 25 heavy (non-hydrogen) atoms. The first-order valence-electron chi connectivity index (χ1n) is 9.12. The van der Waals surface area contributed by atoms with Crippen molar-refractivity contribution >= 4 is 16.9 Å². The minimum atomic E-state index is 0. The number of hydrogen-bond acceptors (Lipinski definition) is 5. The number of piperazine rings is 1. The fourth-order valence-corrected chi connectivity index (χ4v) is 3.73. The van der Waals surface area contributed by atoms with Crippen LogP contribution < -0.4 is 10.2 Å². The maximum absolute atomic E-state index is 4.92. The Labute approximate surface area is 148 Å². The molecular formula is C19H24N6. The molecule has 6 nitrogen and oxygen atoms in total. The maximum atomic E-state index is 4.92. The summed E-state index contributed by atoms with van der Waals surface area (Å²) in [6.45, 7) is 3.07. The second-order valence-corrected chi connectivity index (χ2v) is 7.13. The highest BCUT2D eigenvalue weighted by Crippen LogP contribution is 2.34. The van der Waals surface area contributed by atoms with Crippen molar-refractivity contribution < 1.29 is 1.43 Å². The van der Waals surface area contributed by atoms with Crippen LogP contribution in [0.5, 0.6) is 0 Å². The summed E-state index contributed by atoms with van der Waals surface area (Å²) in [5.41, 5.74) is 2.59. The molecule has 4 heterocycles. The van der Waals surface area contributed by atoms with E-state index < -0.39 is 0 Å². The fraction of sp³-hybridized carbons (Fsp3) is 0.421. The monoisotopic (exact) mass is 336 g/mol. The zero-order valence-electron chi connectivity index (χ0n) is 14.2. The van der Waals surface area contributed by atoms with Gasteiger partial charge in [-0.3, -0.25) is 5.10 Å². The highest BCUT2D eigenvalue weighted by atomic mass is 15.2. The van der Waals surface area contributed by atoms with Crippen LogP contribution in [0.25, 0.3) is 22.4 Å². The van der Waals surface area contributed by atoms with Crippen molar-refractivity contribution in [1.29, 1.82) is 0 Å². The maximum Gasteiger partial charge on any atom is 0.181 e. The van der Waals surface area contributed by atoms with Crippen LogP contribution in [-0.4, -0.2) is 45.8 Å². The summed E-state index contributed by atoms with van der Waals surface area (Å²) < 4.78 is 0. The molecule has 1 aliphatic carbocycles. The van der Waals surface area contributed by atoms with Gasteiger partial charge in [0.25, 0.3) is 0 Å². The zero-order valence-corrected chi connectivity index (χ0v) is 14.2. The van der Waals surface area contributed by atoms with Gasteiger partial charge in [-0.05, 0) is 36.6 Å². The molecule has 1 saturated heterocycles.